The maximum atomic E-state index is 12.7. The van der Waals surface area contributed by atoms with E-state index in [4.69, 9.17) is 0 Å². The predicted octanol–water partition coefficient (Wildman–Crippen LogP) is 3.34. The first kappa shape index (κ1) is 16.8. The van der Waals surface area contributed by atoms with Crippen molar-refractivity contribution in [3.05, 3.63) is 83.6 Å². The first-order chi connectivity index (χ1) is 13.1. The van der Waals surface area contributed by atoms with Gasteiger partial charge in [0.2, 0.25) is 5.88 Å². The molecule has 0 spiro atoms. The zero-order valence-corrected chi connectivity index (χ0v) is 14.8. The molecule has 4 aromatic rings. The van der Waals surface area contributed by atoms with E-state index in [-0.39, 0.29) is 11.8 Å². The number of carbonyl (C=O) groups excluding carboxylic acids is 1. The van der Waals surface area contributed by atoms with Gasteiger partial charge in [0.15, 0.2) is 5.65 Å². The molecule has 0 unspecified atom stereocenters. The molecule has 134 valence electrons. The van der Waals surface area contributed by atoms with Crippen LogP contribution in [-0.2, 0) is 6.54 Å². The van der Waals surface area contributed by atoms with Gasteiger partial charge in [-0.15, -0.1) is 0 Å². The summed E-state index contributed by atoms with van der Waals surface area (Å²) in [6.07, 6.45) is 1.42. The molecule has 6 nitrogen and oxygen atoms in total. The Balaban J connectivity index is 1.66. The molecule has 0 aliphatic rings. The normalized spacial score (nSPS) is 10.9. The van der Waals surface area contributed by atoms with Crippen molar-refractivity contribution >= 4 is 11.6 Å². The average molecular weight is 358 g/mol. The molecule has 2 N–H and O–H groups in total. The lowest BCUT2D eigenvalue weighted by Crippen LogP contribution is -2.23. The van der Waals surface area contributed by atoms with Gasteiger partial charge < -0.3 is 10.4 Å². The summed E-state index contributed by atoms with van der Waals surface area (Å²) >= 11 is 0. The quantitative estimate of drug-likeness (QED) is 0.586. The maximum absolute atomic E-state index is 12.7. The summed E-state index contributed by atoms with van der Waals surface area (Å²) in [4.78, 5) is 17.2. The smallest absolute Gasteiger partial charge is 0.257 e. The summed E-state index contributed by atoms with van der Waals surface area (Å²) in [7, 11) is 0. The Bertz CT molecular complexity index is 1120. The van der Waals surface area contributed by atoms with Gasteiger partial charge in [-0.2, -0.15) is 9.61 Å². The first-order valence-corrected chi connectivity index (χ1v) is 8.59. The number of benzene rings is 2. The van der Waals surface area contributed by atoms with Crippen LogP contribution in [0.25, 0.3) is 16.9 Å². The molecule has 0 aliphatic carbocycles. The molecule has 2 heterocycles. The van der Waals surface area contributed by atoms with Crippen LogP contribution >= 0.6 is 0 Å². The van der Waals surface area contributed by atoms with Crippen LogP contribution in [0.5, 0.6) is 5.88 Å². The number of hydrogen-bond acceptors (Lipinski definition) is 4. The maximum Gasteiger partial charge on any atom is 0.257 e. The number of rotatable bonds is 4. The Morgan fingerprint density at radius 2 is 1.85 bits per heavy atom. The highest BCUT2D eigenvalue weighted by atomic mass is 16.3. The molecule has 0 saturated heterocycles. The van der Waals surface area contributed by atoms with Gasteiger partial charge in [0, 0.05) is 18.2 Å². The lowest BCUT2D eigenvalue weighted by molar-refractivity contribution is 0.0952. The zero-order chi connectivity index (χ0) is 18.8. The fraction of sp³-hybridized carbons (Fsp3) is 0.0952. The molecule has 0 bridgehead atoms. The largest absolute Gasteiger partial charge is 0.493 e. The number of aromatic hydroxyl groups is 1. The summed E-state index contributed by atoms with van der Waals surface area (Å²) in [5.74, 6) is -0.359. The average Bonchev–Trinajstić information content (AvgIpc) is 3.12. The van der Waals surface area contributed by atoms with Crippen molar-refractivity contribution in [3.8, 4) is 17.1 Å². The Kier molecular flexibility index (Phi) is 4.30. The first-order valence-electron chi connectivity index (χ1n) is 8.59. The molecule has 0 fully saturated rings. The Hall–Kier alpha value is -3.67. The van der Waals surface area contributed by atoms with Crippen LogP contribution in [-0.4, -0.2) is 25.6 Å². The zero-order valence-electron chi connectivity index (χ0n) is 14.8. The molecule has 27 heavy (non-hydrogen) atoms. The van der Waals surface area contributed by atoms with Crippen molar-refractivity contribution < 1.29 is 9.90 Å². The van der Waals surface area contributed by atoms with Gasteiger partial charge in [0.1, 0.15) is 5.56 Å². The fourth-order valence-electron chi connectivity index (χ4n) is 2.94. The van der Waals surface area contributed by atoms with E-state index in [0.717, 1.165) is 16.7 Å². The monoisotopic (exact) mass is 358 g/mol. The summed E-state index contributed by atoms with van der Waals surface area (Å²) in [5.41, 5.74) is 4.22. The minimum atomic E-state index is -0.287. The Morgan fingerprint density at radius 3 is 2.63 bits per heavy atom. The van der Waals surface area contributed by atoms with E-state index in [1.165, 1.54) is 16.8 Å². The molecule has 4 rings (SSSR count). The van der Waals surface area contributed by atoms with Crippen LogP contribution in [0.3, 0.4) is 0 Å². The standard InChI is InChI=1S/C21H18N4O2/c1-14-7-5-6-10-16(14)12-22-21(27)17-13-23-25-19(26)11-18(24-20(17)25)15-8-3-2-4-9-15/h2-11,13,26H,12H2,1H3,(H,22,27). The number of aromatic nitrogens is 3. The Morgan fingerprint density at radius 1 is 1.11 bits per heavy atom. The van der Waals surface area contributed by atoms with Gasteiger partial charge in [-0.05, 0) is 18.1 Å². The number of hydrogen-bond donors (Lipinski definition) is 2. The molecular weight excluding hydrogens is 340 g/mol. The van der Waals surface area contributed by atoms with E-state index < -0.39 is 0 Å². The SMILES string of the molecule is Cc1ccccc1CNC(=O)c1cnn2c(O)cc(-c3ccccc3)nc12. The molecule has 2 aromatic carbocycles. The minimum Gasteiger partial charge on any atom is -0.493 e. The van der Waals surface area contributed by atoms with E-state index in [1.54, 1.807) is 0 Å². The van der Waals surface area contributed by atoms with E-state index in [2.05, 4.69) is 15.4 Å². The third-order valence-electron chi connectivity index (χ3n) is 4.47. The van der Waals surface area contributed by atoms with Gasteiger partial charge in [-0.25, -0.2) is 4.98 Å². The van der Waals surface area contributed by atoms with Crippen LogP contribution < -0.4 is 5.32 Å². The summed E-state index contributed by atoms with van der Waals surface area (Å²) in [6.45, 7) is 2.41. The Labute approximate surface area is 156 Å². The molecule has 0 aliphatic heterocycles. The number of carbonyl (C=O) groups is 1. The van der Waals surface area contributed by atoms with Crippen molar-refractivity contribution in [2.75, 3.05) is 0 Å². The molecule has 2 aromatic heterocycles. The lowest BCUT2D eigenvalue weighted by atomic mass is 10.1. The van der Waals surface area contributed by atoms with E-state index in [9.17, 15) is 9.90 Å². The van der Waals surface area contributed by atoms with Crippen molar-refractivity contribution in [2.45, 2.75) is 13.5 Å². The molecule has 0 saturated carbocycles. The molecule has 6 heteroatoms. The third-order valence-corrected chi connectivity index (χ3v) is 4.47. The second kappa shape index (κ2) is 6.92. The predicted molar refractivity (Wildman–Crippen MR) is 102 cm³/mol. The molecular formula is C21H18N4O2. The fourth-order valence-corrected chi connectivity index (χ4v) is 2.94. The van der Waals surface area contributed by atoms with Crippen LogP contribution in [0.15, 0.2) is 66.9 Å². The van der Waals surface area contributed by atoms with Crippen molar-refractivity contribution in [3.63, 3.8) is 0 Å². The van der Waals surface area contributed by atoms with Gasteiger partial charge in [0.05, 0.1) is 11.9 Å². The molecule has 0 radical (unpaired) electrons. The van der Waals surface area contributed by atoms with Gasteiger partial charge in [-0.1, -0.05) is 54.6 Å². The van der Waals surface area contributed by atoms with E-state index in [1.807, 2.05) is 61.5 Å². The van der Waals surface area contributed by atoms with Crippen molar-refractivity contribution in [2.24, 2.45) is 0 Å². The van der Waals surface area contributed by atoms with Crippen LogP contribution in [0.2, 0.25) is 0 Å². The van der Waals surface area contributed by atoms with Crippen LogP contribution in [0.4, 0.5) is 0 Å². The van der Waals surface area contributed by atoms with E-state index >= 15 is 0 Å². The van der Waals surface area contributed by atoms with Gasteiger partial charge in [0.25, 0.3) is 5.91 Å². The number of amides is 1. The highest BCUT2D eigenvalue weighted by Gasteiger charge is 2.17. The summed E-state index contributed by atoms with van der Waals surface area (Å²) in [6, 6.07) is 18.9. The minimum absolute atomic E-state index is 0.0724. The molecule has 0 atom stereocenters. The summed E-state index contributed by atoms with van der Waals surface area (Å²) in [5, 5.41) is 17.3. The van der Waals surface area contributed by atoms with E-state index in [0.29, 0.717) is 23.4 Å². The van der Waals surface area contributed by atoms with Gasteiger partial charge in [-0.3, -0.25) is 4.79 Å². The molecule has 1 amide bonds. The topological polar surface area (TPSA) is 79.5 Å². The van der Waals surface area contributed by atoms with Gasteiger partial charge >= 0.3 is 0 Å². The number of aryl methyl sites for hydroxylation is 1. The number of nitrogens with zero attached hydrogens (tertiary/aromatic N) is 3. The van der Waals surface area contributed by atoms with Crippen molar-refractivity contribution in [1.82, 2.24) is 19.9 Å². The summed E-state index contributed by atoms with van der Waals surface area (Å²) < 4.78 is 1.26. The third kappa shape index (κ3) is 3.25. The number of fused-ring (bicyclic) bond motifs is 1. The lowest BCUT2D eigenvalue weighted by Gasteiger charge is -2.08. The van der Waals surface area contributed by atoms with Crippen molar-refractivity contribution in [1.29, 1.82) is 0 Å². The second-order valence-electron chi connectivity index (χ2n) is 6.27. The number of nitrogens with one attached hydrogen (secondary N) is 1. The second-order valence-corrected chi connectivity index (χ2v) is 6.27. The van der Waals surface area contributed by atoms with Crippen LogP contribution in [0.1, 0.15) is 21.5 Å². The highest BCUT2D eigenvalue weighted by molar-refractivity contribution is 5.99. The highest BCUT2D eigenvalue weighted by Crippen LogP contribution is 2.24. The van der Waals surface area contributed by atoms with Crippen LogP contribution in [0, 0.1) is 6.92 Å².